The zero-order chi connectivity index (χ0) is 16.4. The van der Waals surface area contributed by atoms with Gasteiger partial charge in [-0.05, 0) is 57.7 Å². The van der Waals surface area contributed by atoms with Crippen LogP contribution in [0.4, 0.5) is 5.69 Å². The van der Waals surface area contributed by atoms with Crippen LogP contribution in [0.1, 0.15) is 32.8 Å². The van der Waals surface area contributed by atoms with E-state index in [1.165, 1.54) is 63.5 Å². The Morgan fingerprint density at radius 1 is 1.04 bits per heavy atom. The maximum absolute atomic E-state index is 2.69. The Bertz CT molecular complexity index is 512. The van der Waals surface area contributed by atoms with Crippen LogP contribution >= 0.6 is 0 Å². The first-order valence-corrected chi connectivity index (χ1v) is 9.21. The molecule has 0 aliphatic carbocycles. The van der Waals surface area contributed by atoms with Crippen LogP contribution in [0.3, 0.4) is 0 Å². The second-order valence-corrected chi connectivity index (χ2v) is 8.40. The van der Waals surface area contributed by atoms with Crippen LogP contribution in [0.25, 0.3) is 0 Å². The topological polar surface area (TPSA) is 9.72 Å². The van der Waals surface area contributed by atoms with Gasteiger partial charge in [0.05, 0.1) is 0 Å². The highest BCUT2D eigenvalue weighted by molar-refractivity contribution is 5.49. The lowest BCUT2D eigenvalue weighted by molar-refractivity contribution is 0.0566. The van der Waals surface area contributed by atoms with Gasteiger partial charge in [0.1, 0.15) is 0 Å². The second kappa shape index (κ2) is 6.82. The van der Waals surface area contributed by atoms with E-state index >= 15 is 0 Å². The fraction of sp³-hybridized carbons (Fsp3) is 0.700. The third-order valence-electron chi connectivity index (χ3n) is 5.49. The largest absolute Gasteiger partial charge is 0.371 e. The molecule has 128 valence electrons. The standard InChI is InChI=1S/C20H33N3/c1-17-6-5-7-19(14-17)22-9-8-18(16-22)15-21-10-12-23(13-11-21)20(2,3)4/h5-7,14,18H,8-13,15-16H2,1-4H3. The molecule has 0 aromatic heterocycles. The van der Waals surface area contributed by atoms with Crippen molar-refractivity contribution in [3.05, 3.63) is 29.8 Å². The number of piperazine rings is 1. The molecule has 2 heterocycles. The molecule has 0 amide bonds. The van der Waals surface area contributed by atoms with Crippen LogP contribution < -0.4 is 4.90 Å². The summed E-state index contributed by atoms with van der Waals surface area (Å²) in [5.74, 6) is 0.830. The molecular weight excluding hydrogens is 282 g/mol. The van der Waals surface area contributed by atoms with Gasteiger partial charge in [-0.2, -0.15) is 0 Å². The number of rotatable bonds is 3. The number of hydrogen-bond donors (Lipinski definition) is 0. The third-order valence-corrected chi connectivity index (χ3v) is 5.49. The summed E-state index contributed by atoms with van der Waals surface area (Å²) >= 11 is 0. The molecule has 3 heteroatoms. The van der Waals surface area contributed by atoms with E-state index in [2.05, 4.69) is 66.7 Å². The van der Waals surface area contributed by atoms with Crippen molar-refractivity contribution in [2.75, 3.05) is 50.7 Å². The molecule has 0 spiro atoms. The van der Waals surface area contributed by atoms with E-state index in [4.69, 9.17) is 0 Å². The highest BCUT2D eigenvalue weighted by Gasteiger charge is 2.29. The summed E-state index contributed by atoms with van der Waals surface area (Å²) in [4.78, 5) is 7.88. The van der Waals surface area contributed by atoms with Crippen LogP contribution in [0.2, 0.25) is 0 Å². The van der Waals surface area contributed by atoms with Gasteiger partial charge < -0.3 is 9.80 Å². The van der Waals surface area contributed by atoms with Crippen molar-refractivity contribution in [1.82, 2.24) is 9.80 Å². The van der Waals surface area contributed by atoms with Gasteiger partial charge >= 0.3 is 0 Å². The molecule has 0 N–H and O–H groups in total. The van der Waals surface area contributed by atoms with Crippen LogP contribution in [-0.4, -0.2) is 61.2 Å². The number of hydrogen-bond acceptors (Lipinski definition) is 3. The minimum absolute atomic E-state index is 0.321. The lowest BCUT2D eigenvalue weighted by Gasteiger charge is -2.42. The average Bonchev–Trinajstić information content (AvgIpc) is 2.95. The SMILES string of the molecule is Cc1cccc(N2CCC(CN3CCN(C(C)(C)C)CC3)C2)c1. The Kier molecular flexibility index (Phi) is 4.98. The summed E-state index contributed by atoms with van der Waals surface area (Å²) in [7, 11) is 0. The van der Waals surface area contributed by atoms with E-state index < -0.39 is 0 Å². The van der Waals surface area contributed by atoms with Gasteiger partial charge in [-0.25, -0.2) is 0 Å². The number of nitrogens with zero attached hydrogens (tertiary/aromatic N) is 3. The van der Waals surface area contributed by atoms with Gasteiger partial charge in [-0.1, -0.05) is 12.1 Å². The fourth-order valence-electron chi connectivity index (χ4n) is 4.01. The van der Waals surface area contributed by atoms with Crippen LogP contribution in [0.5, 0.6) is 0 Å². The van der Waals surface area contributed by atoms with E-state index in [9.17, 15) is 0 Å². The van der Waals surface area contributed by atoms with Crippen molar-refractivity contribution >= 4 is 5.69 Å². The van der Waals surface area contributed by atoms with Crippen molar-refractivity contribution in [3.63, 3.8) is 0 Å². The quantitative estimate of drug-likeness (QED) is 0.848. The highest BCUT2D eigenvalue weighted by atomic mass is 15.3. The first kappa shape index (κ1) is 16.8. The Morgan fingerprint density at radius 3 is 2.43 bits per heavy atom. The highest BCUT2D eigenvalue weighted by Crippen LogP contribution is 2.25. The van der Waals surface area contributed by atoms with Crippen molar-refractivity contribution < 1.29 is 0 Å². The van der Waals surface area contributed by atoms with E-state index in [1.54, 1.807) is 0 Å². The molecule has 3 rings (SSSR count). The maximum Gasteiger partial charge on any atom is 0.0368 e. The molecule has 1 aromatic carbocycles. The van der Waals surface area contributed by atoms with Crippen molar-refractivity contribution in [3.8, 4) is 0 Å². The lowest BCUT2D eigenvalue weighted by Crippen LogP contribution is -2.54. The van der Waals surface area contributed by atoms with Gasteiger partial charge in [-0.15, -0.1) is 0 Å². The molecular formula is C20H33N3. The monoisotopic (exact) mass is 315 g/mol. The Hall–Kier alpha value is -1.06. The summed E-state index contributed by atoms with van der Waals surface area (Å²) in [5, 5.41) is 0. The lowest BCUT2D eigenvalue weighted by atomic mass is 10.0. The van der Waals surface area contributed by atoms with E-state index in [0.717, 1.165) is 5.92 Å². The smallest absolute Gasteiger partial charge is 0.0368 e. The fourth-order valence-corrected chi connectivity index (χ4v) is 4.01. The van der Waals surface area contributed by atoms with Crippen molar-refractivity contribution in [2.45, 2.75) is 39.7 Å². The molecule has 2 aliphatic rings. The second-order valence-electron chi connectivity index (χ2n) is 8.40. The minimum atomic E-state index is 0.321. The van der Waals surface area contributed by atoms with E-state index in [-0.39, 0.29) is 0 Å². The Balaban J connectivity index is 1.48. The third kappa shape index (κ3) is 4.27. The van der Waals surface area contributed by atoms with Crippen LogP contribution in [0, 0.1) is 12.8 Å². The van der Waals surface area contributed by atoms with Gasteiger partial charge in [0.25, 0.3) is 0 Å². The summed E-state index contributed by atoms with van der Waals surface area (Å²) < 4.78 is 0. The predicted octanol–water partition coefficient (Wildman–Crippen LogP) is 3.24. The molecule has 0 saturated carbocycles. The molecule has 1 unspecified atom stereocenters. The zero-order valence-corrected chi connectivity index (χ0v) is 15.4. The zero-order valence-electron chi connectivity index (χ0n) is 15.4. The molecule has 2 fully saturated rings. The van der Waals surface area contributed by atoms with Crippen LogP contribution in [0.15, 0.2) is 24.3 Å². The predicted molar refractivity (Wildman–Crippen MR) is 99.3 cm³/mol. The summed E-state index contributed by atoms with van der Waals surface area (Å²) in [6.45, 7) is 17.8. The number of benzene rings is 1. The molecule has 1 aromatic rings. The first-order valence-electron chi connectivity index (χ1n) is 9.21. The van der Waals surface area contributed by atoms with Crippen molar-refractivity contribution in [1.29, 1.82) is 0 Å². The van der Waals surface area contributed by atoms with E-state index in [0.29, 0.717) is 5.54 Å². The molecule has 0 radical (unpaired) electrons. The molecule has 23 heavy (non-hydrogen) atoms. The van der Waals surface area contributed by atoms with Gasteiger partial charge in [-0.3, -0.25) is 4.90 Å². The van der Waals surface area contributed by atoms with E-state index in [1.807, 2.05) is 0 Å². The average molecular weight is 316 g/mol. The van der Waals surface area contributed by atoms with Gasteiger partial charge in [0, 0.05) is 57.0 Å². The molecule has 2 saturated heterocycles. The summed E-state index contributed by atoms with van der Waals surface area (Å²) in [6, 6.07) is 8.96. The first-order chi connectivity index (χ1) is 10.9. The maximum atomic E-state index is 2.69. The Labute approximate surface area is 142 Å². The van der Waals surface area contributed by atoms with Crippen LogP contribution in [-0.2, 0) is 0 Å². The summed E-state index contributed by atoms with van der Waals surface area (Å²) in [5.41, 5.74) is 3.09. The normalized spacial score (nSPS) is 24.3. The van der Waals surface area contributed by atoms with Gasteiger partial charge in [0.15, 0.2) is 0 Å². The molecule has 3 nitrogen and oxygen atoms in total. The number of aryl methyl sites for hydroxylation is 1. The number of anilines is 1. The van der Waals surface area contributed by atoms with Crippen molar-refractivity contribution in [2.24, 2.45) is 5.92 Å². The van der Waals surface area contributed by atoms with Gasteiger partial charge in [0.2, 0.25) is 0 Å². The summed E-state index contributed by atoms with van der Waals surface area (Å²) in [6.07, 6.45) is 1.34. The molecule has 2 aliphatic heterocycles. The Morgan fingerprint density at radius 2 is 1.78 bits per heavy atom. The molecule has 0 bridgehead atoms. The molecule has 1 atom stereocenters. The minimum Gasteiger partial charge on any atom is -0.371 e.